The topological polar surface area (TPSA) is 84.5 Å². The molecule has 0 spiro atoms. The first kappa shape index (κ1) is 18.2. The number of hydrogen-bond acceptors (Lipinski definition) is 4. The molecule has 124 valence electrons. The monoisotopic (exact) mass is 340 g/mol. The molecule has 1 rings (SSSR count). The Bertz CT molecular complexity index is 600. The Morgan fingerprint density at radius 1 is 1.18 bits per heavy atom. The summed E-state index contributed by atoms with van der Waals surface area (Å²) in [4.78, 5) is 10.5. The number of nitrogens with one attached hydrogen (secondary N) is 2. The van der Waals surface area contributed by atoms with E-state index in [1.54, 1.807) is 5.32 Å². The van der Waals surface area contributed by atoms with Gasteiger partial charge in [-0.15, -0.1) is 0 Å². The van der Waals surface area contributed by atoms with Gasteiger partial charge in [0.15, 0.2) is 0 Å². The smallest absolute Gasteiger partial charge is 0.471 e. The Morgan fingerprint density at radius 2 is 1.77 bits per heavy atom. The van der Waals surface area contributed by atoms with Gasteiger partial charge in [-0.1, -0.05) is 0 Å². The van der Waals surface area contributed by atoms with E-state index in [9.17, 15) is 26.4 Å². The number of carbonyl (C=O) groups is 1. The first-order valence-electron chi connectivity index (χ1n) is 6.15. The molecule has 2 N–H and O–H groups in total. The van der Waals surface area contributed by atoms with Gasteiger partial charge in [-0.2, -0.15) is 13.2 Å². The van der Waals surface area contributed by atoms with Crippen molar-refractivity contribution in [3.05, 3.63) is 24.3 Å². The van der Waals surface area contributed by atoms with Crippen LogP contribution in [0.25, 0.3) is 0 Å². The van der Waals surface area contributed by atoms with E-state index in [1.807, 2.05) is 0 Å². The normalized spacial score (nSPS) is 12.0. The summed E-state index contributed by atoms with van der Waals surface area (Å²) in [5, 5.41) is 1.65. The Labute approximate surface area is 125 Å². The third-order valence-electron chi connectivity index (χ3n) is 2.56. The molecule has 0 fully saturated rings. The first-order valence-corrected chi connectivity index (χ1v) is 7.64. The molecule has 0 aliphatic rings. The summed E-state index contributed by atoms with van der Waals surface area (Å²) in [5.41, 5.74) is 0. The van der Waals surface area contributed by atoms with Crippen LogP contribution in [0.3, 0.4) is 0 Å². The lowest BCUT2D eigenvalue weighted by Gasteiger charge is -2.09. The number of alkyl halides is 3. The molecule has 22 heavy (non-hydrogen) atoms. The lowest BCUT2D eigenvalue weighted by molar-refractivity contribution is -0.173. The van der Waals surface area contributed by atoms with Gasteiger partial charge in [0.1, 0.15) is 5.75 Å². The van der Waals surface area contributed by atoms with Crippen molar-refractivity contribution in [2.75, 3.05) is 20.2 Å². The van der Waals surface area contributed by atoms with Crippen LogP contribution in [0, 0.1) is 0 Å². The second-order valence-electron chi connectivity index (χ2n) is 4.18. The molecule has 0 aliphatic carbocycles. The van der Waals surface area contributed by atoms with Crippen LogP contribution in [0.5, 0.6) is 5.75 Å². The number of benzene rings is 1. The maximum absolute atomic E-state index is 11.9. The molecule has 0 aromatic heterocycles. The van der Waals surface area contributed by atoms with Gasteiger partial charge in [-0.25, -0.2) is 13.1 Å². The average molecular weight is 340 g/mol. The summed E-state index contributed by atoms with van der Waals surface area (Å²) >= 11 is 0. The first-order chi connectivity index (χ1) is 10.2. The molecule has 0 atom stereocenters. The summed E-state index contributed by atoms with van der Waals surface area (Å²) in [6, 6.07) is 5.62. The van der Waals surface area contributed by atoms with Gasteiger partial charge in [0, 0.05) is 13.1 Å². The fourth-order valence-electron chi connectivity index (χ4n) is 1.44. The second-order valence-corrected chi connectivity index (χ2v) is 5.95. The van der Waals surface area contributed by atoms with Crippen molar-refractivity contribution < 1.29 is 31.1 Å². The fourth-order valence-corrected chi connectivity index (χ4v) is 2.51. The SMILES string of the molecule is COc1ccc(S(=O)(=O)NCCCNC(=O)C(F)(F)F)cc1. The summed E-state index contributed by atoms with van der Waals surface area (Å²) < 4.78 is 66.6. The molecule has 1 amide bonds. The molecule has 0 radical (unpaired) electrons. The summed E-state index contributed by atoms with van der Waals surface area (Å²) in [5.74, 6) is -1.56. The zero-order chi connectivity index (χ0) is 16.8. The molecule has 0 heterocycles. The highest BCUT2D eigenvalue weighted by Crippen LogP contribution is 2.15. The Hall–Kier alpha value is -1.81. The van der Waals surface area contributed by atoms with E-state index in [0.717, 1.165) is 0 Å². The van der Waals surface area contributed by atoms with Crippen LogP contribution in [0.4, 0.5) is 13.2 Å². The molecular weight excluding hydrogens is 325 g/mol. The number of rotatable bonds is 7. The minimum Gasteiger partial charge on any atom is -0.497 e. The Kier molecular flexibility index (Phi) is 6.18. The highest BCUT2D eigenvalue weighted by atomic mass is 32.2. The van der Waals surface area contributed by atoms with Crippen molar-refractivity contribution in [1.82, 2.24) is 10.0 Å². The maximum Gasteiger partial charge on any atom is 0.471 e. The van der Waals surface area contributed by atoms with Gasteiger partial charge in [0.25, 0.3) is 0 Å². The van der Waals surface area contributed by atoms with Crippen LogP contribution in [0.2, 0.25) is 0 Å². The van der Waals surface area contributed by atoms with Gasteiger partial charge in [0.05, 0.1) is 12.0 Å². The van der Waals surface area contributed by atoms with Gasteiger partial charge >= 0.3 is 12.1 Å². The standard InChI is InChI=1S/C12H15F3N2O4S/c1-21-9-3-5-10(6-4-9)22(19,20)17-8-2-7-16-11(18)12(13,14)15/h3-6,17H,2,7-8H2,1H3,(H,16,18). The van der Waals surface area contributed by atoms with Crippen LogP contribution in [-0.2, 0) is 14.8 Å². The molecule has 0 saturated heterocycles. The van der Waals surface area contributed by atoms with Crippen LogP contribution in [0.1, 0.15) is 6.42 Å². The predicted octanol–water partition coefficient (Wildman–Crippen LogP) is 1.04. The lowest BCUT2D eigenvalue weighted by Crippen LogP contribution is -2.38. The summed E-state index contributed by atoms with van der Waals surface area (Å²) in [7, 11) is -2.31. The van der Waals surface area contributed by atoms with E-state index in [2.05, 4.69) is 4.72 Å². The highest BCUT2D eigenvalue weighted by molar-refractivity contribution is 7.89. The van der Waals surface area contributed by atoms with Gasteiger partial charge < -0.3 is 10.1 Å². The number of hydrogen-bond donors (Lipinski definition) is 2. The molecule has 10 heteroatoms. The predicted molar refractivity (Wildman–Crippen MR) is 71.9 cm³/mol. The maximum atomic E-state index is 11.9. The zero-order valence-electron chi connectivity index (χ0n) is 11.6. The van der Waals surface area contributed by atoms with Crippen LogP contribution >= 0.6 is 0 Å². The fraction of sp³-hybridized carbons (Fsp3) is 0.417. The van der Waals surface area contributed by atoms with Gasteiger partial charge in [-0.3, -0.25) is 4.79 Å². The highest BCUT2D eigenvalue weighted by Gasteiger charge is 2.38. The third-order valence-corrected chi connectivity index (χ3v) is 4.04. The molecule has 0 aliphatic heterocycles. The van der Waals surface area contributed by atoms with Crippen molar-refractivity contribution in [2.24, 2.45) is 0 Å². The molecule has 0 unspecified atom stereocenters. The average Bonchev–Trinajstić information content (AvgIpc) is 2.45. The van der Waals surface area contributed by atoms with Crippen molar-refractivity contribution in [3.63, 3.8) is 0 Å². The Morgan fingerprint density at radius 3 is 2.27 bits per heavy atom. The van der Waals surface area contributed by atoms with E-state index in [4.69, 9.17) is 4.74 Å². The Balaban J connectivity index is 2.41. The van der Waals surface area contributed by atoms with Gasteiger partial charge in [-0.05, 0) is 30.7 Å². The van der Waals surface area contributed by atoms with Crippen LogP contribution in [-0.4, -0.2) is 40.7 Å². The zero-order valence-corrected chi connectivity index (χ0v) is 12.4. The quantitative estimate of drug-likeness (QED) is 0.727. The molecule has 0 bridgehead atoms. The molecule has 6 nitrogen and oxygen atoms in total. The lowest BCUT2D eigenvalue weighted by atomic mass is 10.3. The number of sulfonamides is 1. The van der Waals surface area contributed by atoms with Crippen LogP contribution < -0.4 is 14.8 Å². The number of halogens is 3. The van der Waals surface area contributed by atoms with Gasteiger partial charge in [0.2, 0.25) is 10.0 Å². The van der Waals surface area contributed by atoms with Crippen LogP contribution in [0.15, 0.2) is 29.2 Å². The molecule has 1 aromatic rings. The number of carbonyl (C=O) groups excluding carboxylic acids is 1. The summed E-state index contributed by atoms with van der Waals surface area (Å²) in [6.07, 6.45) is -4.92. The van der Waals surface area contributed by atoms with Crippen molar-refractivity contribution in [2.45, 2.75) is 17.5 Å². The van der Waals surface area contributed by atoms with E-state index >= 15 is 0 Å². The van der Waals surface area contributed by atoms with Crippen molar-refractivity contribution in [3.8, 4) is 5.75 Å². The number of amides is 1. The minimum absolute atomic E-state index is 0.00706. The molecule has 0 saturated carbocycles. The molecular formula is C12H15F3N2O4S. The van der Waals surface area contributed by atoms with E-state index in [1.165, 1.54) is 31.4 Å². The van der Waals surface area contributed by atoms with Crippen molar-refractivity contribution >= 4 is 15.9 Å². The van der Waals surface area contributed by atoms with E-state index in [0.29, 0.717) is 5.75 Å². The second kappa shape index (κ2) is 7.45. The molecule has 1 aromatic carbocycles. The van der Waals surface area contributed by atoms with E-state index < -0.39 is 22.1 Å². The number of ether oxygens (including phenoxy) is 1. The van der Waals surface area contributed by atoms with E-state index in [-0.39, 0.29) is 24.4 Å². The van der Waals surface area contributed by atoms with Crippen molar-refractivity contribution in [1.29, 1.82) is 0 Å². The number of methoxy groups -OCH3 is 1. The minimum atomic E-state index is -4.94. The third kappa shape index (κ3) is 5.53. The summed E-state index contributed by atoms with van der Waals surface area (Å²) in [6.45, 7) is -0.393. The largest absolute Gasteiger partial charge is 0.497 e.